The van der Waals surface area contributed by atoms with Crippen molar-refractivity contribution >= 4 is 27.3 Å². The average molecular weight is 475 g/mol. The second-order valence-corrected chi connectivity index (χ2v) is 9.96. The van der Waals surface area contributed by atoms with Gasteiger partial charge in [0.1, 0.15) is 0 Å². The van der Waals surface area contributed by atoms with E-state index < -0.39 is 14.9 Å². The maximum Gasteiger partial charge on any atom is 0.270 e. The smallest absolute Gasteiger partial charge is 0.270 e. The Morgan fingerprint density at radius 1 is 0.970 bits per heavy atom. The van der Waals surface area contributed by atoms with Crippen molar-refractivity contribution < 1.29 is 22.9 Å². The number of morpholine rings is 1. The summed E-state index contributed by atoms with van der Waals surface area (Å²) in [5.41, 5.74) is 1.45. The van der Waals surface area contributed by atoms with E-state index in [9.17, 15) is 23.3 Å². The van der Waals surface area contributed by atoms with E-state index in [1.807, 2.05) is 11.0 Å². The van der Waals surface area contributed by atoms with E-state index in [2.05, 4.69) is 0 Å². The maximum atomic E-state index is 13.4. The van der Waals surface area contributed by atoms with Gasteiger partial charge < -0.3 is 14.5 Å². The van der Waals surface area contributed by atoms with Gasteiger partial charge in [-0.05, 0) is 11.6 Å². The first-order valence-corrected chi connectivity index (χ1v) is 12.4. The number of piperazine rings is 1. The van der Waals surface area contributed by atoms with E-state index in [4.69, 9.17) is 4.74 Å². The number of sulfonamides is 1. The summed E-state index contributed by atoms with van der Waals surface area (Å²) in [7, 11) is -3.51. The highest BCUT2D eigenvalue weighted by atomic mass is 32.2. The third-order valence-electron chi connectivity index (χ3n) is 5.88. The molecule has 1 amide bonds. The van der Waals surface area contributed by atoms with Gasteiger partial charge in [0.2, 0.25) is 10.0 Å². The maximum absolute atomic E-state index is 13.4. The van der Waals surface area contributed by atoms with Crippen LogP contribution in [0.2, 0.25) is 0 Å². The molecule has 0 aliphatic carbocycles. The number of hydrogen-bond donors (Lipinski definition) is 0. The Bertz CT molecular complexity index is 1110. The largest absolute Gasteiger partial charge is 0.378 e. The van der Waals surface area contributed by atoms with Crippen molar-refractivity contribution in [1.82, 2.24) is 9.21 Å². The van der Waals surface area contributed by atoms with Crippen LogP contribution in [0.25, 0.3) is 0 Å². The number of benzene rings is 2. The normalized spacial score (nSPS) is 17.7. The van der Waals surface area contributed by atoms with Crippen LogP contribution in [0.3, 0.4) is 0 Å². The minimum Gasteiger partial charge on any atom is -0.378 e. The molecule has 2 aliphatic heterocycles. The fraction of sp³-hybridized carbons (Fsp3) is 0.409. The van der Waals surface area contributed by atoms with Crippen molar-refractivity contribution in [3.05, 3.63) is 69.8 Å². The van der Waals surface area contributed by atoms with Crippen LogP contribution < -0.4 is 4.90 Å². The number of carbonyl (C=O) groups excluding carboxylic acids is 1. The second-order valence-electron chi connectivity index (χ2n) is 7.99. The van der Waals surface area contributed by atoms with Crippen LogP contribution in [0.5, 0.6) is 0 Å². The summed E-state index contributed by atoms with van der Waals surface area (Å²) in [6.45, 7) is 3.01. The van der Waals surface area contributed by atoms with E-state index in [1.165, 1.54) is 16.4 Å². The minimum atomic E-state index is -3.51. The number of nitro benzene ring substituents is 1. The van der Waals surface area contributed by atoms with Gasteiger partial charge in [0.25, 0.3) is 11.6 Å². The number of anilines is 1. The lowest BCUT2D eigenvalue weighted by molar-refractivity contribution is -0.384. The Hall–Kier alpha value is -3.02. The molecule has 0 saturated carbocycles. The molecule has 2 fully saturated rings. The van der Waals surface area contributed by atoms with Gasteiger partial charge >= 0.3 is 0 Å². The third-order valence-corrected chi connectivity index (χ3v) is 7.73. The summed E-state index contributed by atoms with van der Waals surface area (Å²) in [6, 6.07) is 13.3. The second kappa shape index (κ2) is 9.86. The van der Waals surface area contributed by atoms with Crippen molar-refractivity contribution in [2.24, 2.45) is 0 Å². The Kier molecular flexibility index (Phi) is 6.91. The molecule has 2 aromatic rings. The first-order chi connectivity index (χ1) is 15.8. The molecule has 0 N–H and O–H groups in total. The van der Waals surface area contributed by atoms with Crippen LogP contribution in [0.1, 0.15) is 15.9 Å². The summed E-state index contributed by atoms with van der Waals surface area (Å²) < 4.78 is 32.4. The van der Waals surface area contributed by atoms with Crippen LogP contribution >= 0.6 is 0 Å². The standard InChI is InChI=1S/C22H26N4O6S/c27-22(20-16-19(26(28)29)6-7-21(20)23-12-14-32-15-13-23)24-8-10-25(11-9-24)33(30,31)17-18-4-2-1-3-5-18/h1-7,16H,8-15,17H2. The van der Waals surface area contributed by atoms with Crippen LogP contribution in [0.15, 0.2) is 48.5 Å². The van der Waals surface area contributed by atoms with Crippen LogP contribution in [0, 0.1) is 10.1 Å². The monoisotopic (exact) mass is 474 g/mol. The SMILES string of the molecule is O=C(c1cc([N+](=O)[O-])ccc1N1CCOCC1)N1CCN(S(=O)(=O)Cc2ccccc2)CC1. The predicted molar refractivity (Wildman–Crippen MR) is 123 cm³/mol. The highest BCUT2D eigenvalue weighted by Crippen LogP contribution is 2.28. The number of carbonyl (C=O) groups is 1. The topological polar surface area (TPSA) is 113 Å². The molecule has 2 heterocycles. The van der Waals surface area contributed by atoms with Crippen molar-refractivity contribution in [3.63, 3.8) is 0 Å². The Morgan fingerprint density at radius 2 is 1.64 bits per heavy atom. The van der Waals surface area contributed by atoms with Gasteiger partial charge in [0.05, 0.1) is 35.1 Å². The van der Waals surface area contributed by atoms with Gasteiger partial charge in [-0.15, -0.1) is 0 Å². The fourth-order valence-electron chi connectivity index (χ4n) is 4.10. The molecule has 176 valence electrons. The number of ether oxygens (including phenoxy) is 1. The lowest BCUT2D eigenvalue weighted by Crippen LogP contribution is -2.51. The summed E-state index contributed by atoms with van der Waals surface area (Å²) in [4.78, 5) is 27.7. The van der Waals surface area contributed by atoms with Gasteiger partial charge in [0.15, 0.2) is 0 Å². The molecule has 2 aliphatic rings. The zero-order valence-electron chi connectivity index (χ0n) is 18.1. The number of non-ortho nitro benzene ring substituents is 1. The van der Waals surface area contributed by atoms with Crippen molar-refractivity contribution in [2.75, 3.05) is 57.4 Å². The van der Waals surface area contributed by atoms with Crippen molar-refractivity contribution in [1.29, 1.82) is 0 Å². The van der Waals surface area contributed by atoms with E-state index in [1.54, 1.807) is 35.2 Å². The fourth-order valence-corrected chi connectivity index (χ4v) is 5.62. The minimum absolute atomic E-state index is 0.0894. The zero-order chi connectivity index (χ0) is 23.4. The van der Waals surface area contributed by atoms with Crippen molar-refractivity contribution in [3.8, 4) is 0 Å². The van der Waals surface area contributed by atoms with E-state index in [-0.39, 0.29) is 49.1 Å². The highest BCUT2D eigenvalue weighted by molar-refractivity contribution is 7.88. The summed E-state index contributed by atoms with van der Waals surface area (Å²) in [5, 5.41) is 11.3. The molecule has 10 nitrogen and oxygen atoms in total. The summed E-state index contributed by atoms with van der Waals surface area (Å²) in [5.74, 6) is -0.422. The molecule has 0 aromatic heterocycles. The lowest BCUT2D eigenvalue weighted by Gasteiger charge is -2.35. The molecule has 4 rings (SSSR count). The van der Waals surface area contributed by atoms with Crippen LogP contribution in [0.4, 0.5) is 11.4 Å². The zero-order valence-corrected chi connectivity index (χ0v) is 18.9. The first-order valence-electron chi connectivity index (χ1n) is 10.8. The molecule has 0 bridgehead atoms. The van der Waals surface area contributed by atoms with Gasteiger partial charge in [-0.25, -0.2) is 8.42 Å². The quantitative estimate of drug-likeness (QED) is 0.463. The first kappa shape index (κ1) is 23.1. The molecule has 0 spiro atoms. The predicted octanol–water partition coefficient (Wildman–Crippen LogP) is 1.72. The third kappa shape index (κ3) is 5.32. The number of amides is 1. The number of rotatable bonds is 6. The van der Waals surface area contributed by atoms with Crippen molar-refractivity contribution in [2.45, 2.75) is 5.75 Å². The summed E-state index contributed by atoms with van der Waals surface area (Å²) >= 11 is 0. The van der Waals surface area contributed by atoms with E-state index >= 15 is 0 Å². The molecule has 2 saturated heterocycles. The van der Waals surface area contributed by atoms with Crippen LogP contribution in [-0.2, 0) is 20.5 Å². The number of nitrogens with zero attached hydrogens (tertiary/aromatic N) is 4. The average Bonchev–Trinajstić information content (AvgIpc) is 2.84. The Labute approximate surface area is 192 Å². The molecule has 33 heavy (non-hydrogen) atoms. The van der Waals surface area contributed by atoms with E-state index in [0.717, 1.165) is 0 Å². The van der Waals surface area contributed by atoms with Crippen LogP contribution in [-0.4, -0.2) is 80.9 Å². The molecule has 0 unspecified atom stereocenters. The number of nitro groups is 1. The molecular weight excluding hydrogens is 448 g/mol. The number of hydrogen-bond acceptors (Lipinski definition) is 7. The molecule has 2 aromatic carbocycles. The van der Waals surface area contributed by atoms with Gasteiger partial charge in [-0.1, -0.05) is 30.3 Å². The van der Waals surface area contributed by atoms with Gasteiger partial charge in [0, 0.05) is 51.4 Å². The van der Waals surface area contributed by atoms with Gasteiger partial charge in [-0.2, -0.15) is 4.31 Å². The lowest BCUT2D eigenvalue weighted by atomic mass is 10.1. The highest BCUT2D eigenvalue weighted by Gasteiger charge is 2.31. The van der Waals surface area contributed by atoms with E-state index in [0.29, 0.717) is 37.6 Å². The molecule has 0 radical (unpaired) electrons. The molecular formula is C22H26N4O6S. The molecule has 11 heteroatoms. The Balaban J connectivity index is 1.49. The Morgan fingerprint density at radius 3 is 2.27 bits per heavy atom. The summed E-state index contributed by atoms with van der Waals surface area (Å²) in [6.07, 6.45) is 0. The molecule has 0 atom stereocenters. The van der Waals surface area contributed by atoms with Gasteiger partial charge in [-0.3, -0.25) is 14.9 Å².